The first-order valence-electron chi connectivity index (χ1n) is 8.63. The molecule has 166 valence electrons. The van der Waals surface area contributed by atoms with Gasteiger partial charge in [-0.3, -0.25) is 29.7 Å². The van der Waals surface area contributed by atoms with Gasteiger partial charge < -0.3 is 0 Å². The average molecular weight is 478 g/mol. The van der Waals surface area contributed by atoms with Gasteiger partial charge in [0, 0.05) is 24.3 Å². The Bertz CT molecular complexity index is 1310. The number of para-hydroxylation sites is 2. The third-order valence-corrected chi connectivity index (χ3v) is 6.82. The van der Waals surface area contributed by atoms with E-state index in [1.165, 1.54) is 36.4 Å². The molecular formula is C18H14N4O8S2. The minimum absolute atomic E-state index is 0.159. The van der Waals surface area contributed by atoms with Gasteiger partial charge in [-0.1, -0.05) is 24.3 Å². The SMILES string of the molecule is O=[N+]([O-])c1cccc(S(=O)(=O)Nc2ccccc2NS(=O)(=O)c2cccc([N+](=O)[O-])c2)c1. The second-order valence-corrected chi connectivity index (χ2v) is 9.63. The molecule has 0 aliphatic heterocycles. The van der Waals surface area contributed by atoms with Crippen molar-refractivity contribution in [1.29, 1.82) is 0 Å². The lowest BCUT2D eigenvalue weighted by molar-refractivity contribution is -0.385. The maximum absolute atomic E-state index is 12.7. The van der Waals surface area contributed by atoms with Crippen LogP contribution >= 0.6 is 0 Å². The van der Waals surface area contributed by atoms with E-state index in [-0.39, 0.29) is 11.4 Å². The summed E-state index contributed by atoms with van der Waals surface area (Å²) in [4.78, 5) is 19.5. The summed E-state index contributed by atoms with van der Waals surface area (Å²) in [6.45, 7) is 0. The highest BCUT2D eigenvalue weighted by atomic mass is 32.2. The highest BCUT2D eigenvalue weighted by Crippen LogP contribution is 2.28. The molecule has 0 aromatic heterocycles. The Morgan fingerprint density at radius 2 is 0.969 bits per heavy atom. The zero-order chi connectivity index (χ0) is 23.5. The molecule has 0 aliphatic rings. The lowest BCUT2D eigenvalue weighted by atomic mass is 10.3. The van der Waals surface area contributed by atoms with Crippen LogP contribution in [0.3, 0.4) is 0 Å². The molecular weight excluding hydrogens is 464 g/mol. The molecule has 0 fully saturated rings. The highest BCUT2D eigenvalue weighted by Gasteiger charge is 2.22. The maximum atomic E-state index is 12.7. The van der Waals surface area contributed by atoms with Crippen LogP contribution in [0.25, 0.3) is 0 Å². The first-order chi connectivity index (χ1) is 15.0. The van der Waals surface area contributed by atoms with E-state index in [1.54, 1.807) is 0 Å². The average Bonchev–Trinajstić information content (AvgIpc) is 2.75. The van der Waals surface area contributed by atoms with Crippen LogP contribution in [0.2, 0.25) is 0 Å². The number of nitrogens with zero attached hydrogens (tertiary/aromatic N) is 2. The van der Waals surface area contributed by atoms with E-state index in [0.29, 0.717) is 0 Å². The summed E-state index contributed by atoms with van der Waals surface area (Å²) in [7, 11) is -8.62. The number of nitro benzene ring substituents is 2. The summed E-state index contributed by atoms with van der Waals surface area (Å²) < 4.78 is 55.2. The van der Waals surface area contributed by atoms with Crippen LogP contribution < -0.4 is 9.44 Å². The smallest absolute Gasteiger partial charge is 0.270 e. The fourth-order valence-electron chi connectivity index (χ4n) is 2.60. The van der Waals surface area contributed by atoms with Crippen molar-refractivity contribution in [3.63, 3.8) is 0 Å². The Morgan fingerprint density at radius 3 is 1.31 bits per heavy atom. The normalized spacial score (nSPS) is 11.5. The number of anilines is 2. The molecule has 0 heterocycles. The van der Waals surface area contributed by atoms with Gasteiger partial charge in [0.1, 0.15) is 0 Å². The lowest BCUT2D eigenvalue weighted by Crippen LogP contribution is -2.17. The van der Waals surface area contributed by atoms with Gasteiger partial charge in [-0.15, -0.1) is 0 Å². The second-order valence-electron chi connectivity index (χ2n) is 6.27. The Kier molecular flexibility index (Phi) is 6.09. The third kappa shape index (κ3) is 4.98. The first-order valence-corrected chi connectivity index (χ1v) is 11.6. The fourth-order valence-corrected chi connectivity index (χ4v) is 4.83. The van der Waals surface area contributed by atoms with Crippen molar-refractivity contribution in [1.82, 2.24) is 0 Å². The van der Waals surface area contributed by atoms with E-state index in [4.69, 9.17) is 0 Å². The van der Waals surface area contributed by atoms with Crippen LogP contribution in [-0.2, 0) is 20.0 Å². The van der Waals surface area contributed by atoms with Gasteiger partial charge in [0.25, 0.3) is 31.4 Å². The number of hydrogen-bond acceptors (Lipinski definition) is 8. The van der Waals surface area contributed by atoms with E-state index in [2.05, 4.69) is 9.44 Å². The van der Waals surface area contributed by atoms with Crippen LogP contribution in [-0.4, -0.2) is 26.7 Å². The molecule has 0 saturated heterocycles. The first kappa shape index (κ1) is 22.6. The van der Waals surface area contributed by atoms with Crippen molar-refractivity contribution in [2.75, 3.05) is 9.44 Å². The van der Waals surface area contributed by atoms with E-state index in [0.717, 1.165) is 36.4 Å². The molecule has 0 unspecified atom stereocenters. The Labute approximate surface area is 181 Å². The van der Waals surface area contributed by atoms with Crippen molar-refractivity contribution >= 4 is 42.8 Å². The molecule has 0 saturated carbocycles. The Morgan fingerprint density at radius 1 is 0.594 bits per heavy atom. The predicted molar refractivity (Wildman–Crippen MR) is 114 cm³/mol. The largest absolute Gasteiger partial charge is 0.277 e. The predicted octanol–water partition coefficient (Wildman–Crippen LogP) is 3.10. The molecule has 2 N–H and O–H groups in total. The summed E-state index contributed by atoms with van der Waals surface area (Å²) in [6.07, 6.45) is 0. The molecule has 32 heavy (non-hydrogen) atoms. The van der Waals surface area contributed by atoms with Crippen molar-refractivity contribution in [2.45, 2.75) is 9.79 Å². The van der Waals surface area contributed by atoms with E-state index in [9.17, 15) is 37.1 Å². The third-order valence-electron chi connectivity index (χ3n) is 4.09. The van der Waals surface area contributed by atoms with Crippen molar-refractivity contribution < 1.29 is 26.7 Å². The second kappa shape index (κ2) is 8.60. The summed E-state index contributed by atoms with van der Waals surface area (Å²) in [5.74, 6) is 0. The van der Waals surface area contributed by atoms with Gasteiger partial charge in [0.05, 0.1) is 31.0 Å². The van der Waals surface area contributed by atoms with Crippen molar-refractivity contribution in [3.05, 3.63) is 93.0 Å². The van der Waals surface area contributed by atoms with Crippen molar-refractivity contribution in [3.8, 4) is 0 Å². The van der Waals surface area contributed by atoms with E-state index < -0.39 is 51.1 Å². The molecule has 3 rings (SSSR count). The lowest BCUT2D eigenvalue weighted by Gasteiger charge is -2.14. The number of non-ortho nitro benzene ring substituents is 2. The zero-order valence-corrected chi connectivity index (χ0v) is 17.5. The molecule has 0 bridgehead atoms. The number of hydrogen-bond donors (Lipinski definition) is 2. The Hall–Kier alpha value is -4.04. The molecule has 3 aromatic rings. The Balaban J connectivity index is 1.94. The summed E-state index contributed by atoms with van der Waals surface area (Å²) >= 11 is 0. The molecule has 0 aliphatic carbocycles. The fraction of sp³-hybridized carbons (Fsp3) is 0. The van der Waals surface area contributed by atoms with Crippen LogP contribution in [0.1, 0.15) is 0 Å². The molecule has 14 heteroatoms. The van der Waals surface area contributed by atoms with Crippen LogP contribution in [0.4, 0.5) is 22.7 Å². The number of benzene rings is 3. The van der Waals surface area contributed by atoms with Crippen molar-refractivity contribution in [2.24, 2.45) is 0 Å². The van der Waals surface area contributed by atoms with Gasteiger partial charge in [-0.2, -0.15) is 0 Å². The van der Waals surface area contributed by atoms with Crippen LogP contribution in [0.5, 0.6) is 0 Å². The zero-order valence-electron chi connectivity index (χ0n) is 15.9. The quantitative estimate of drug-likeness (QED) is 0.366. The summed E-state index contributed by atoms with van der Waals surface area (Å²) in [6, 6.07) is 14.1. The van der Waals surface area contributed by atoms with E-state index >= 15 is 0 Å². The molecule has 12 nitrogen and oxygen atoms in total. The monoisotopic (exact) mass is 478 g/mol. The van der Waals surface area contributed by atoms with Crippen LogP contribution in [0.15, 0.2) is 82.6 Å². The minimum atomic E-state index is -4.31. The standard InChI is InChI=1S/C18H14N4O8S2/c23-21(24)13-5-3-7-15(11-13)31(27,28)19-17-9-1-2-10-18(17)20-32(29,30)16-8-4-6-14(12-16)22(25)26/h1-12,19-20H. The van der Waals surface area contributed by atoms with Gasteiger partial charge in [0.15, 0.2) is 0 Å². The number of nitro groups is 2. The van der Waals surface area contributed by atoms with Gasteiger partial charge in [-0.05, 0) is 24.3 Å². The molecule has 0 atom stereocenters. The maximum Gasteiger partial charge on any atom is 0.270 e. The number of rotatable bonds is 8. The number of sulfonamides is 2. The summed E-state index contributed by atoms with van der Waals surface area (Å²) in [5.41, 5.74) is -1.19. The molecule has 0 radical (unpaired) electrons. The summed E-state index contributed by atoms with van der Waals surface area (Å²) in [5, 5.41) is 21.8. The van der Waals surface area contributed by atoms with Crippen LogP contribution in [0, 0.1) is 20.2 Å². The topological polar surface area (TPSA) is 179 Å². The highest BCUT2D eigenvalue weighted by molar-refractivity contribution is 7.93. The van der Waals surface area contributed by atoms with Gasteiger partial charge >= 0.3 is 0 Å². The van der Waals surface area contributed by atoms with Gasteiger partial charge in [0.2, 0.25) is 0 Å². The minimum Gasteiger partial charge on any atom is -0.277 e. The molecule has 0 amide bonds. The molecule has 0 spiro atoms. The van der Waals surface area contributed by atoms with E-state index in [1.807, 2.05) is 0 Å². The molecule has 3 aromatic carbocycles. The number of nitrogens with one attached hydrogen (secondary N) is 2. The van der Waals surface area contributed by atoms with Gasteiger partial charge in [-0.25, -0.2) is 16.8 Å².